The normalized spacial score (nSPS) is 22.5. The molecule has 1 amide bonds. The first-order valence-electron chi connectivity index (χ1n) is 7.05. The number of likely N-dealkylation sites (tertiary alicyclic amines) is 1. The number of rotatable bonds is 3. The summed E-state index contributed by atoms with van der Waals surface area (Å²) in [6.07, 6.45) is 1.19. The summed E-state index contributed by atoms with van der Waals surface area (Å²) in [6, 6.07) is 5.32. The zero-order chi connectivity index (χ0) is 14.7. The third-order valence-corrected chi connectivity index (χ3v) is 3.75. The zero-order valence-corrected chi connectivity index (χ0v) is 12.7. The van der Waals surface area contributed by atoms with E-state index in [0.717, 1.165) is 13.1 Å². The molecule has 0 bridgehead atoms. The van der Waals surface area contributed by atoms with Crippen LogP contribution >= 0.6 is 0 Å². The molecular formula is C16H23NO3. The Morgan fingerprint density at radius 3 is 2.00 bits per heavy atom. The molecule has 1 aliphatic rings. The summed E-state index contributed by atoms with van der Waals surface area (Å²) in [5.74, 6) is 2.45. The lowest BCUT2D eigenvalue weighted by Gasteiger charge is -2.35. The molecule has 1 aromatic rings. The van der Waals surface area contributed by atoms with E-state index in [1.54, 1.807) is 32.4 Å². The highest BCUT2D eigenvalue weighted by atomic mass is 16.5. The predicted octanol–water partition coefficient (Wildman–Crippen LogP) is 2.82. The summed E-state index contributed by atoms with van der Waals surface area (Å²) in [5, 5.41) is 0. The Hall–Kier alpha value is -1.71. The minimum atomic E-state index is 0.0561. The van der Waals surface area contributed by atoms with Crippen molar-refractivity contribution in [3.63, 3.8) is 0 Å². The smallest absolute Gasteiger partial charge is 0.254 e. The number of hydrogen-bond acceptors (Lipinski definition) is 3. The van der Waals surface area contributed by atoms with Crippen LogP contribution in [0.4, 0.5) is 0 Å². The van der Waals surface area contributed by atoms with Gasteiger partial charge in [0.05, 0.1) is 14.2 Å². The number of benzene rings is 1. The fourth-order valence-corrected chi connectivity index (χ4v) is 2.94. The van der Waals surface area contributed by atoms with Crippen LogP contribution in [0.2, 0.25) is 0 Å². The van der Waals surface area contributed by atoms with E-state index in [2.05, 4.69) is 13.8 Å². The summed E-state index contributed by atoms with van der Waals surface area (Å²) in [6.45, 7) is 6.04. The first-order chi connectivity index (χ1) is 9.53. The van der Waals surface area contributed by atoms with E-state index in [9.17, 15) is 4.79 Å². The van der Waals surface area contributed by atoms with E-state index in [0.29, 0.717) is 28.9 Å². The van der Waals surface area contributed by atoms with Gasteiger partial charge in [0.1, 0.15) is 11.5 Å². The van der Waals surface area contributed by atoms with Gasteiger partial charge in [0.2, 0.25) is 0 Å². The van der Waals surface area contributed by atoms with Crippen LogP contribution in [0.25, 0.3) is 0 Å². The molecule has 1 saturated heterocycles. The number of carbonyl (C=O) groups excluding carboxylic acids is 1. The number of amides is 1. The van der Waals surface area contributed by atoms with Crippen LogP contribution in [0.3, 0.4) is 0 Å². The highest BCUT2D eigenvalue weighted by Crippen LogP contribution is 2.26. The van der Waals surface area contributed by atoms with Crippen molar-refractivity contribution in [2.45, 2.75) is 20.3 Å². The van der Waals surface area contributed by atoms with Gasteiger partial charge >= 0.3 is 0 Å². The molecule has 0 unspecified atom stereocenters. The van der Waals surface area contributed by atoms with Gasteiger partial charge in [-0.05, 0) is 30.4 Å². The molecule has 110 valence electrons. The van der Waals surface area contributed by atoms with E-state index in [4.69, 9.17) is 9.47 Å². The number of piperidine rings is 1. The van der Waals surface area contributed by atoms with Gasteiger partial charge in [0.25, 0.3) is 5.91 Å². The molecule has 1 aliphatic heterocycles. The molecule has 0 saturated carbocycles. The second-order valence-corrected chi connectivity index (χ2v) is 5.76. The Morgan fingerprint density at radius 1 is 1.05 bits per heavy atom. The molecule has 4 nitrogen and oxygen atoms in total. The van der Waals surface area contributed by atoms with Crippen LogP contribution in [0, 0.1) is 11.8 Å². The quantitative estimate of drug-likeness (QED) is 0.852. The highest BCUT2D eigenvalue weighted by Gasteiger charge is 2.26. The maximum Gasteiger partial charge on any atom is 0.254 e. The number of methoxy groups -OCH3 is 2. The van der Waals surface area contributed by atoms with Gasteiger partial charge in [-0.3, -0.25) is 4.79 Å². The first-order valence-corrected chi connectivity index (χ1v) is 7.05. The van der Waals surface area contributed by atoms with E-state index in [-0.39, 0.29) is 5.91 Å². The zero-order valence-electron chi connectivity index (χ0n) is 12.7. The Morgan fingerprint density at radius 2 is 1.55 bits per heavy atom. The molecule has 20 heavy (non-hydrogen) atoms. The molecule has 1 aromatic carbocycles. The molecule has 1 heterocycles. The van der Waals surface area contributed by atoms with E-state index in [1.807, 2.05) is 4.90 Å². The van der Waals surface area contributed by atoms with Crippen LogP contribution in [0.15, 0.2) is 18.2 Å². The summed E-state index contributed by atoms with van der Waals surface area (Å²) in [4.78, 5) is 14.6. The summed E-state index contributed by atoms with van der Waals surface area (Å²) in [5.41, 5.74) is 0.627. The Kier molecular flexibility index (Phi) is 4.53. The van der Waals surface area contributed by atoms with Crippen molar-refractivity contribution in [3.05, 3.63) is 23.8 Å². The average molecular weight is 277 g/mol. The molecule has 0 N–H and O–H groups in total. The lowest BCUT2D eigenvalue weighted by Crippen LogP contribution is -2.42. The maximum absolute atomic E-state index is 12.6. The van der Waals surface area contributed by atoms with Crippen molar-refractivity contribution in [2.24, 2.45) is 11.8 Å². The molecule has 4 heteroatoms. The molecule has 1 fully saturated rings. The van der Waals surface area contributed by atoms with Crippen LogP contribution < -0.4 is 9.47 Å². The largest absolute Gasteiger partial charge is 0.497 e. The van der Waals surface area contributed by atoms with Gasteiger partial charge in [-0.25, -0.2) is 0 Å². The van der Waals surface area contributed by atoms with Crippen molar-refractivity contribution in [2.75, 3.05) is 27.3 Å². The molecule has 0 spiro atoms. The van der Waals surface area contributed by atoms with Gasteiger partial charge in [-0.1, -0.05) is 13.8 Å². The standard InChI is InChI=1S/C16H23NO3/c1-11-5-12(2)10-17(9-11)16(18)13-6-14(19-3)8-15(7-13)20-4/h6-8,11-12H,5,9-10H2,1-4H3/t11-,12-/m1/s1. The minimum Gasteiger partial charge on any atom is -0.497 e. The molecular weight excluding hydrogens is 254 g/mol. The molecule has 0 aliphatic carbocycles. The summed E-state index contributed by atoms with van der Waals surface area (Å²) < 4.78 is 10.5. The average Bonchev–Trinajstić information content (AvgIpc) is 2.44. The molecule has 0 radical (unpaired) electrons. The van der Waals surface area contributed by atoms with Crippen molar-refractivity contribution in [3.8, 4) is 11.5 Å². The molecule has 2 atom stereocenters. The van der Waals surface area contributed by atoms with Gasteiger partial charge in [0.15, 0.2) is 0 Å². The summed E-state index contributed by atoms with van der Waals surface area (Å²) in [7, 11) is 3.18. The van der Waals surface area contributed by atoms with Gasteiger partial charge in [-0.15, -0.1) is 0 Å². The monoisotopic (exact) mass is 277 g/mol. The third-order valence-electron chi connectivity index (χ3n) is 3.75. The Labute approximate surface area is 120 Å². The number of carbonyl (C=O) groups is 1. The van der Waals surface area contributed by atoms with Crippen LogP contribution in [0.5, 0.6) is 11.5 Å². The lowest BCUT2D eigenvalue weighted by atomic mass is 9.91. The SMILES string of the molecule is COc1cc(OC)cc(C(=O)N2C[C@H](C)C[C@@H](C)C2)c1. The van der Waals surface area contributed by atoms with Crippen LogP contribution in [-0.2, 0) is 0 Å². The van der Waals surface area contributed by atoms with Crippen LogP contribution in [0.1, 0.15) is 30.6 Å². The van der Waals surface area contributed by atoms with Gasteiger partial charge in [-0.2, -0.15) is 0 Å². The maximum atomic E-state index is 12.6. The first kappa shape index (κ1) is 14.7. The highest BCUT2D eigenvalue weighted by molar-refractivity contribution is 5.95. The fraction of sp³-hybridized carbons (Fsp3) is 0.562. The topological polar surface area (TPSA) is 38.8 Å². The number of ether oxygens (including phenoxy) is 2. The van der Waals surface area contributed by atoms with Crippen LogP contribution in [-0.4, -0.2) is 38.1 Å². The van der Waals surface area contributed by atoms with Crippen molar-refractivity contribution in [1.82, 2.24) is 4.90 Å². The van der Waals surface area contributed by atoms with E-state index < -0.39 is 0 Å². The minimum absolute atomic E-state index is 0.0561. The number of hydrogen-bond donors (Lipinski definition) is 0. The van der Waals surface area contributed by atoms with E-state index >= 15 is 0 Å². The second-order valence-electron chi connectivity index (χ2n) is 5.76. The van der Waals surface area contributed by atoms with Crippen molar-refractivity contribution in [1.29, 1.82) is 0 Å². The van der Waals surface area contributed by atoms with Gasteiger partial charge in [0, 0.05) is 24.7 Å². The molecule has 2 rings (SSSR count). The Balaban J connectivity index is 2.23. The van der Waals surface area contributed by atoms with Crippen molar-refractivity contribution < 1.29 is 14.3 Å². The van der Waals surface area contributed by atoms with Gasteiger partial charge < -0.3 is 14.4 Å². The Bertz CT molecular complexity index is 454. The van der Waals surface area contributed by atoms with Crippen molar-refractivity contribution >= 4 is 5.91 Å². The molecule has 0 aromatic heterocycles. The summed E-state index contributed by atoms with van der Waals surface area (Å²) >= 11 is 0. The number of nitrogens with zero attached hydrogens (tertiary/aromatic N) is 1. The third kappa shape index (κ3) is 3.24. The van der Waals surface area contributed by atoms with E-state index in [1.165, 1.54) is 6.42 Å². The second kappa shape index (κ2) is 6.16. The fourth-order valence-electron chi connectivity index (χ4n) is 2.94. The lowest BCUT2D eigenvalue weighted by molar-refractivity contribution is 0.0622. The predicted molar refractivity (Wildman–Crippen MR) is 78.4 cm³/mol.